The lowest BCUT2D eigenvalue weighted by atomic mass is 10.1. The first-order chi connectivity index (χ1) is 7.62. The third kappa shape index (κ3) is 1.96. The van der Waals surface area contributed by atoms with Gasteiger partial charge in [0.15, 0.2) is 0 Å². The number of benzene rings is 1. The third-order valence-electron chi connectivity index (χ3n) is 2.63. The van der Waals surface area contributed by atoms with E-state index >= 15 is 0 Å². The summed E-state index contributed by atoms with van der Waals surface area (Å²) < 4.78 is 11.8. The molecule has 16 heavy (non-hydrogen) atoms. The van der Waals surface area contributed by atoms with Crippen LogP contribution in [0.25, 0.3) is 12.2 Å². The SMILES string of the molecule is CC=c1c(OC)c(C)c(Br)c(OC)c1=CC. The van der Waals surface area contributed by atoms with Gasteiger partial charge in [0.1, 0.15) is 11.5 Å². The molecule has 0 heterocycles. The van der Waals surface area contributed by atoms with Crippen LogP contribution in [0.3, 0.4) is 0 Å². The lowest BCUT2D eigenvalue weighted by molar-refractivity contribution is 0.392. The lowest BCUT2D eigenvalue weighted by Gasteiger charge is -2.13. The van der Waals surface area contributed by atoms with E-state index in [1.165, 1.54) is 0 Å². The molecular weight excluding hydrogens is 268 g/mol. The van der Waals surface area contributed by atoms with E-state index in [1.807, 2.05) is 32.9 Å². The first-order valence-corrected chi connectivity index (χ1v) is 5.94. The molecule has 0 aliphatic carbocycles. The average molecular weight is 285 g/mol. The van der Waals surface area contributed by atoms with Crippen LogP contribution in [0.15, 0.2) is 4.47 Å². The fourth-order valence-corrected chi connectivity index (χ4v) is 2.43. The predicted octanol–water partition coefficient (Wildman–Crippen LogP) is 2.38. The second kappa shape index (κ2) is 5.39. The summed E-state index contributed by atoms with van der Waals surface area (Å²) in [7, 11) is 3.37. The summed E-state index contributed by atoms with van der Waals surface area (Å²) in [6.07, 6.45) is 4.07. The van der Waals surface area contributed by atoms with E-state index in [-0.39, 0.29) is 0 Å². The van der Waals surface area contributed by atoms with Gasteiger partial charge in [-0.25, -0.2) is 0 Å². The van der Waals surface area contributed by atoms with E-state index in [9.17, 15) is 0 Å². The molecule has 0 spiro atoms. The fraction of sp³-hybridized carbons (Fsp3) is 0.385. The van der Waals surface area contributed by atoms with Gasteiger partial charge in [0.25, 0.3) is 0 Å². The summed E-state index contributed by atoms with van der Waals surface area (Å²) in [4.78, 5) is 0. The van der Waals surface area contributed by atoms with Crippen molar-refractivity contribution in [1.82, 2.24) is 0 Å². The molecule has 0 radical (unpaired) electrons. The van der Waals surface area contributed by atoms with E-state index in [1.54, 1.807) is 14.2 Å². The zero-order valence-electron chi connectivity index (χ0n) is 10.3. The van der Waals surface area contributed by atoms with Crippen molar-refractivity contribution in [3.8, 4) is 11.5 Å². The van der Waals surface area contributed by atoms with Crippen LogP contribution < -0.4 is 19.9 Å². The molecule has 88 valence electrons. The fourth-order valence-electron chi connectivity index (χ4n) is 1.87. The number of hydrogen-bond donors (Lipinski definition) is 0. The number of halogens is 1. The quantitative estimate of drug-likeness (QED) is 0.830. The normalized spacial score (nSPS) is 13.1. The highest BCUT2D eigenvalue weighted by atomic mass is 79.9. The molecule has 0 amide bonds. The predicted molar refractivity (Wildman–Crippen MR) is 71.5 cm³/mol. The molecule has 0 aliphatic heterocycles. The van der Waals surface area contributed by atoms with Crippen molar-refractivity contribution >= 4 is 28.1 Å². The Labute approximate surface area is 105 Å². The molecule has 0 aromatic heterocycles. The highest BCUT2D eigenvalue weighted by molar-refractivity contribution is 9.10. The van der Waals surface area contributed by atoms with Crippen LogP contribution in [0, 0.1) is 6.92 Å². The molecule has 1 aromatic rings. The molecule has 0 atom stereocenters. The Kier molecular flexibility index (Phi) is 4.42. The van der Waals surface area contributed by atoms with Gasteiger partial charge in [-0.15, -0.1) is 0 Å². The standard InChI is InChI=1S/C13H17BrO2/c1-6-9-10(7-2)13(16-5)11(14)8(3)12(9)15-4/h6-7H,1-5H3. The molecule has 1 aromatic carbocycles. The minimum absolute atomic E-state index is 0.855. The minimum atomic E-state index is 0.855. The van der Waals surface area contributed by atoms with Crippen LogP contribution >= 0.6 is 15.9 Å². The van der Waals surface area contributed by atoms with Gasteiger partial charge in [0.05, 0.1) is 18.7 Å². The zero-order valence-corrected chi connectivity index (χ0v) is 11.9. The Morgan fingerprint density at radius 1 is 0.938 bits per heavy atom. The van der Waals surface area contributed by atoms with Gasteiger partial charge in [0, 0.05) is 16.0 Å². The van der Waals surface area contributed by atoms with Crippen molar-refractivity contribution in [2.75, 3.05) is 14.2 Å². The maximum atomic E-state index is 5.45. The average Bonchev–Trinajstić information content (AvgIpc) is 2.31. The highest BCUT2D eigenvalue weighted by Gasteiger charge is 2.13. The number of methoxy groups -OCH3 is 2. The summed E-state index contributed by atoms with van der Waals surface area (Å²) in [6, 6.07) is 0. The molecule has 0 aliphatic rings. The monoisotopic (exact) mass is 284 g/mol. The van der Waals surface area contributed by atoms with E-state index in [4.69, 9.17) is 9.47 Å². The van der Waals surface area contributed by atoms with Gasteiger partial charge in [-0.1, -0.05) is 12.2 Å². The molecule has 0 saturated carbocycles. The molecule has 0 fully saturated rings. The van der Waals surface area contributed by atoms with Crippen molar-refractivity contribution in [2.45, 2.75) is 20.8 Å². The van der Waals surface area contributed by atoms with E-state index in [2.05, 4.69) is 15.9 Å². The first kappa shape index (κ1) is 13.1. The molecule has 3 heteroatoms. The van der Waals surface area contributed by atoms with Crippen LogP contribution in [0.5, 0.6) is 11.5 Å². The van der Waals surface area contributed by atoms with Gasteiger partial charge in [-0.3, -0.25) is 0 Å². The zero-order chi connectivity index (χ0) is 12.3. The maximum Gasteiger partial charge on any atom is 0.141 e. The summed E-state index contributed by atoms with van der Waals surface area (Å²) in [6.45, 7) is 6.00. The maximum absolute atomic E-state index is 5.45. The van der Waals surface area contributed by atoms with E-state index < -0.39 is 0 Å². The topological polar surface area (TPSA) is 18.5 Å². The van der Waals surface area contributed by atoms with Crippen LogP contribution in [0.1, 0.15) is 19.4 Å². The largest absolute Gasteiger partial charge is 0.496 e. The molecule has 1 rings (SSSR count). The molecule has 0 unspecified atom stereocenters. The van der Waals surface area contributed by atoms with E-state index in [0.29, 0.717) is 0 Å². The summed E-state index contributed by atoms with van der Waals surface area (Å²) in [5.41, 5.74) is 1.05. The van der Waals surface area contributed by atoms with Crippen LogP contribution in [-0.2, 0) is 0 Å². The van der Waals surface area contributed by atoms with Gasteiger partial charge < -0.3 is 9.47 Å². The molecule has 2 nitrogen and oxygen atoms in total. The molecule has 0 bridgehead atoms. The van der Waals surface area contributed by atoms with Crippen LogP contribution in [0.2, 0.25) is 0 Å². The Morgan fingerprint density at radius 3 is 1.75 bits per heavy atom. The molecule has 0 N–H and O–H groups in total. The van der Waals surface area contributed by atoms with Crippen molar-refractivity contribution in [1.29, 1.82) is 0 Å². The smallest absolute Gasteiger partial charge is 0.141 e. The molecular formula is C13H17BrO2. The Balaban J connectivity index is 3.94. The van der Waals surface area contributed by atoms with Crippen molar-refractivity contribution in [3.05, 3.63) is 20.5 Å². The second-order valence-corrected chi connectivity index (χ2v) is 4.20. The van der Waals surface area contributed by atoms with Gasteiger partial charge in [0.2, 0.25) is 0 Å². The Morgan fingerprint density at radius 2 is 1.38 bits per heavy atom. The van der Waals surface area contributed by atoms with Gasteiger partial charge in [-0.05, 0) is 36.7 Å². The highest BCUT2D eigenvalue weighted by Crippen LogP contribution is 2.28. The number of rotatable bonds is 2. The number of ether oxygens (including phenoxy) is 2. The van der Waals surface area contributed by atoms with Crippen molar-refractivity contribution in [3.63, 3.8) is 0 Å². The Bertz CT molecular complexity index is 457. The lowest BCUT2D eigenvalue weighted by Crippen LogP contribution is -2.29. The van der Waals surface area contributed by atoms with Gasteiger partial charge in [-0.2, -0.15) is 0 Å². The van der Waals surface area contributed by atoms with Crippen molar-refractivity contribution < 1.29 is 9.47 Å². The summed E-state index contributed by atoms with van der Waals surface area (Å²) in [5, 5.41) is 2.13. The number of hydrogen-bond acceptors (Lipinski definition) is 2. The van der Waals surface area contributed by atoms with Crippen LogP contribution in [0.4, 0.5) is 0 Å². The minimum Gasteiger partial charge on any atom is -0.496 e. The van der Waals surface area contributed by atoms with Crippen molar-refractivity contribution in [2.24, 2.45) is 0 Å². The summed E-state index contributed by atoms with van der Waals surface area (Å²) in [5.74, 6) is 1.75. The first-order valence-electron chi connectivity index (χ1n) is 5.15. The van der Waals surface area contributed by atoms with Gasteiger partial charge >= 0.3 is 0 Å². The summed E-state index contributed by atoms with van der Waals surface area (Å²) >= 11 is 3.55. The third-order valence-corrected chi connectivity index (χ3v) is 3.59. The van der Waals surface area contributed by atoms with Crippen LogP contribution in [-0.4, -0.2) is 14.2 Å². The Hall–Kier alpha value is -0.960. The van der Waals surface area contributed by atoms with E-state index in [0.717, 1.165) is 32.0 Å². The molecule has 0 saturated heterocycles. The second-order valence-electron chi connectivity index (χ2n) is 3.41.